The lowest BCUT2D eigenvalue weighted by Gasteiger charge is -2.31. The van der Waals surface area contributed by atoms with Crippen molar-refractivity contribution in [3.8, 4) is 0 Å². The number of likely N-dealkylation sites (tertiary alicyclic amines) is 1. The average Bonchev–Trinajstić information content (AvgIpc) is 3.30. The van der Waals surface area contributed by atoms with E-state index in [4.69, 9.17) is 9.47 Å². The molecule has 3 rings (SSSR count). The third-order valence-electron chi connectivity index (χ3n) is 4.78. The number of hydrogen-bond donors (Lipinski definition) is 0. The lowest BCUT2D eigenvalue weighted by molar-refractivity contribution is -0.151. The first-order valence-electron chi connectivity index (χ1n) is 8.44. The summed E-state index contributed by atoms with van der Waals surface area (Å²) in [5, 5.41) is 0. The summed E-state index contributed by atoms with van der Waals surface area (Å²) in [4.78, 5) is 14.5. The van der Waals surface area contributed by atoms with Crippen molar-refractivity contribution >= 4 is 5.97 Å². The Bertz CT molecular complexity index is 603. The van der Waals surface area contributed by atoms with E-state index in [-0.39, 0.29) is 24.1 Å². The van der Waals surface area contributed by atoms with Gasteiger partial charge < -0.3 is 14.4 Å². The Labute approximate surface area is 144 Å². The lowest BCUT2D eigenvalue weighted by Crippen LogP contribution is -2.41. The molecule has 2 aliphatic rings. The van der Waals surface area contributed by atoms with Crippen molar-refractivity contribution in [3.63, 3.8) is 0 Å². The Morgan fingerprint density at radius 2 is 1.88 bits per heavy atom. The summed E-state index contributed by atoms with van der Waals surface area (Å²) in [5.74, 6) is -0.410. The van der Waals surface area contributed by atoms with Gasteiger partial charge >= 0.3 is 12.1 Å². The van der Waals surface area contributed by atoms with Gasteiger partial charge in [0.2, 0.25) is 0 Å². The summed E-state index contributed by atoms with van der Waals surface area (Å²) < 4.78 is 48.2. The van der Waals surface area contributed by atoms with Gasteiger partial charge in [-0.3, -0.25) is 4.79 Å². The summed E-state index contributed by atoms with van der Waals surface area (Å²) in [6.45, 7) is 5.43. The second-order valence-corrected chi connectivity index (χ2v) is 7.09. The van der Waals surface area contributed by atoms with Gasteiger partial charge in [0, 0.05) is 6.54 Å². The van der Waals surface area contributed by atoms with Crippen LogP contribution in [-0.2, 0) is 27.1 Å². The van der Waals surface area contributed by atoms with Crippen LogP contribution in [0.25, 0.3) is 0 Å². The number of alkyl halides is 3. The fraction of sp³-hybridized carbons (Fsp3) is 0.611. The highest BCUT2D eigenvalue weighted by atomic mass is 19.4. The Morgan fingerprint density at radius 3 is 2.40 bits per heavy atom. The number of halogens is 3. The predicted octanol–water partition coefficient (Wildman–Crippen LogP) is 3.25. The molecule has 0 bridgehead atoms. The molecular weight excluding hydrogens is 335 g/mol. The first-order chi connectivity index (χ1) is 11.8. The Morgan fingerprint density at radius 1 is 1.28 bits per heavy atom. The first-order valence-corrected chi connectivity index (χ1v) is 8.44. The summed E-state index contributed by atoms with van der Waals surface area (Å²) in [6.07, 6.45) is -2.88. The van der Waals surface area contributed by atoms with Crippen LogP contribution in [0.1, 0.15) is 30.9 Å². The number of rotatable bonds is 5. The van der Waals surface area contributed by atoms with E-state index in [1.54, 1.807) is 0 Å². The minimum Gasteiger partial charge on any atom is -0.461 e. The molecule has 0 aliphatic carbocycles. The number of carbonyl (C=O) groups excluding carboxylic acids is 1. The van der Waals surface area contributed by atoms with Crippen molar-refractivity contribution in [1.82, 2.24) is 4.90 Å². The zero-order chi connectivity index (χ0) is 18.1. The number of nitrogens with zero attached hydrogens (tertiary/aromatic N) is 1. The molecule has 2 saturated heterocycles. The number of benzene rings is 1. The van der Waals surface area contributed by atoms with E-state index in [0.717, 1.165) is 51.2 Å². The number of piperidine rings is 1. The molecule has 0 saturated carbocycles. The van der Waals surface area contributed by atoms with E-state index in [1.165, 1.54) is 12.1 Å². The molecule has 25 heavy (non-hydrogen) atoms. The molecule has 0 amide bonds. The average molecular weight is 357 g/mol. The van der Waals surface area contributed by atoms with E-state index < -0.39 is 11.7 Å². The summed E-state index contributed by atoms with van der Waals surface area (Å²) in [7, 11) is 0. The van der Waals surface area contributed by atoms with Crippen LogP contribution in [0.5, 0.6) is 0 Å². The van der Waals surface area contributed by atoms with E-state index in [0.29, 0.717) is 5.56 Å². The van der Waals surface area contributed by atoms with E-state index in [9.17, 15) is 18.0 Å². The molecule has 0 N–H and O–H groups in total. The summed E-state index contributed by atoms with van der Waals surface area (Å²) in [5.41, 5.74) is -0.170. The van der Waals surface area contributed by atoms with Crippen molar-refractivity contribution in [2.45, 2.75) is 38.1 Å². The van der Waals surface area contributed by atoms with Gasteiger partial charge in [-0.1, -0.05) is 12.1 Å². The Kier molecular flexibility index (Phi) is 5.06. The standard InChI is InChI=1S/C18H22F3NO3/c1-17(12-25-17)11-22-8-6-14(7-9-22)16(23)24-10-13-2-4-15(5-3-13)18(19,20)21/h2-5,14H,6-12H2,1H3. The maximum atomic E-state index is 12.5. The van der Waals surface area contributed by atoms with Crippen molar-refractivity contribution < 1.29 is 27.4 Å². The van der Waals surface area contributed by atoms with Crippen LogP contribution in [0.15, 0.2) is 24.3 Å². The van der Waals surface area contributed by atoms with Crippen LogP contribution >= 0.6 is 0 Å². The van der Waals surface area contributed by atoms with Crippen molar-refractivity contribution in [1.29, 1.82) is 0 Å². The van der Waals surface area contributed by atoms with Gasteiger partial charge in [-0.2, -0.15) is 13.2 Å². The third-order valence-corrected chi connectivity index (χ3v) is 4.78. The lowest BCUT2D eigenvalue weighted by atomic mass is 9.96. The van der Waals surface area contributed by atoms with Gasteiger partial charge in [-0.05, 0) is 50.6 Å². The predicted molar refractivity (Wildman–Crippen MR) is 84.8 cm³/mol. The van der Waals surface area contributed by atoms with Gasteiger partial charge in [0.1, 0.15) is 12.2 Å². The maximum Gasteiger partial charge on any atom is 0.416 e. The Hall–Kier alpha value is -1.60. The van der Waals surface area contributed by atoms with Crippen LogP contribution in [0.2, 0.25) is 0 Å². The fourth-order valence-corrected chi connectivity index (χ4v) is 3.08. The Balaban J connectivity index is 1.42. The molecule has 0 aromatic heterocycles. The van der Waals surface area contributed by atoms with Gasteiger partial charge in [0.05, 0.1) is 18.1 Å². The minimum absolute atomic E-state index is 0.00307. The molecule has 2 aliphatic heterocycles. The molecule has 1 atom stereocenters. The van der Waals surface area contributed by atoms with Crippen molar-refractivity contribution in [2.75, 3.05) is 26.2 Å². The van der Waals surface area contributed by atoms with E-state index in [2.05, 4.69) is 11.8 Å². The number of epoxide rings is 1. The molecule has 0 radical (unpaired) electrons. The van der Waals surface area contributed by atoms with Crippen LogP contribution in [0.3, 0.4) is 0 Å². The third kappa shape index (κ3) is 4.95. The second-order valence-electron chi connectivity index (χ2n) is 7.09. The van der Waals surface area contributed by atoms with Gasteiger partial charge in [-0.15, -0.1) is 0 Å². The van der Waals surface area contributed by atoms with Crippen LogP contribution < -0.4 is 0 Å². The molecule has 2 fully saturated rings. The molecule has 1 aromatic rings. The van der Waals surface area contributed by atoms with Crippen LogP contribution in [-0.4, -0.2) is 42.7 Å². The maximum absolute atomic E-state index is 12.5. The van der Waals surface area contributed by atoms with Gasteiger partial charge in [0.15, 0.2) is 0 Å². The minimum atomic E-state index is -4.36. The first kappa shape index (κ1) is 18.2. The largest absolute Gasteiger partial charge is 0.461 e. The summed E-state index contributed by atoms with van der Waals surface area (Å²) in [6, 6.07) is 4.69. The van der Waals surface area contributed by atoms with Gasteiger partial charge in [0.25, 0.3) is 0 Å². The molecule has 1 unspecified atom stereocenters. The molecule has 4 nitrogen and oxygen atoms in total. The zero-order valence-electron chi connectivity index (χ0n) is 14.1. The second kappa shape index (κ2) is 6.96. The summed E-state index contributed by atoms with van der Waals surface area (Å²) >= 11 is 0. The van der Waals surface area contributed by atoms with E-state index in [1.807, 2.05) is 0 Å². The molecule has 2 heterocycles. The van der Waals surface area contributed by atoms with Gasteiger partial charge in [-0.25, -0.2) is 0 Å². The number of ether oxygens (including phenoxy) is 2. The molecule has 0 spiro atoms. The SMILES string of the molecule is CC1(CN2CCC(C(=O)OCc3ccc(C(F)(F)F)cc3)CC2)CO1. The zero-order valence-corrected chi connectivity index (χ0v) is 14.1. The molecule has 138 valence electrons. The number of hydrogen-bond acceptors (Lipinski definition) is 4. The van der Waals surface area contributed by atoms with E-state index >= 15 is 0 Å². The number of carbonyl (C=O) groups is 1. The normalized spacial score (nSPS) is 25.0. The topological polar surface area (TPSA) is 42.1 Å². The van der Waals surface area contributed by atoms with Crippen molar-refractivity contribution in [3.05, 3.63) is 35.4 Å². The quantitative estimate of drug-likeness (QED) is 0.599. The van der Waals surface area contributed by atoms with Crippen molar-refractivity contribution in [2.24, 2.45) is 5.92 Å². The smallest absolute Gasteiger partial charge is 0.416 e. The number of esters is 1. The highest BCUT2D eigenvalue weighted by Crippen LogP contribution is 2.30. The highest BCUT2D eigenvalue weighted by molar-refractivity contribution is 5.72. The highest BCUT2D eigenvalue weighted by Gasteiger charge is 2.41. The van der Waals surface area contributed by atoms with Crippen LogP contribution in [0.4, 0.5) is 13.2 Å². The molecule has 1 aromatic carbocycles. The monoisotopic (exact) mass is 357 g/mol. The van der Waals surface area contributed by atoms with Crippen LogP contribution in [0, 0.1) is 5.92 Å². The fourth-order valence-electron chi connectivity index (χ4n) is 3.08. The molecular formula is C18H22F3NO3. The molecule has 7 heteroatoms.